The standard InChI is InChI=1S/C18H23NO2/c1-3-13-20-16-9-11-17(12-10-16)21-18-8-6-5-7-15(18)14-19-4-2/h5-12,19H,3-4,13-14H2,1-2H3. The summed E-state index contributed by atoms with van der Waals surface area (Å²) < 4.78 is 11.5. The second-order valence-electron chi connectivity index (χ2n) is 4.81. The average molecular weight is 285 g/mol. The van der Waals surface area contributed by atoms with Gasteiger partial charge < -0.3 is 14.8 Å². The van der Waals surface area contributed by atoms with Crippen molar-refractivity contribution in [1.82, 2.24) is 5.32 Å². The maximum absolute atomic E-state index is 5.97. The number of benzene rings is 2. The minimum absolute atomic E-state index is 0.742. The van der Waals surface area contributed by atoms with Crippen LogP contribution in [-0.4, -0.2) is 13.2 Å². The van der Waals surface area contributed by atoms with Crippen LogP contribution >= 0.6 is 0 Å². The van der Waals surface area contributed by atoms with Crippen LogP contribution in [0, 0.1) is 0 Å². The third-order valence-electron chi connectivity index (χ3n) is 3.06. The van der Waals surface area contributed by atoms with E-state index in [9.17, 15) is 0 Å². The van der Waals surface area contributed by atoms with Gasteiger partial charge in [-0.15, -0.1) is 0 Å². The first-order chi connectivity index (χ1) is 10.3. The molecule has 0 saturated heterocycles. The molecule has 0 aliphatic carbocycles. The molecule has 0 aromatic heterocycles. The van der Waals surface area contributed by atoms with Gasteiger partial charge in [0.25, 0.3) is 0 Å². The minimum atomic E-state index is 0.742. The number of hydrogen-bond donors (Lipinski definition) is 1. The Labute approximate surface area is 126 Å². The fraction of sp³-hybridized carbons (Fsp3) is 0.333. The zero-order valence-electron chi connectivity index (χ0n) is 12.8. The number of ether oxygens (including phenoxy) is 2. The summed E-state index contributed by atoms with van der Waals surface area (Å²) in [6.07, 6.45) is 1.01. The quantitative estimate of drug-likeness (QED) is 0.781. The maximum Gasteiger partial charge on any atom is 0.131 e. The largest absolute Gasteiger partial charge is 0.494 e. The van der Waals surface area contributed by atoms with Crippen LogP contribution in [0.4, 0.5) is 0 Å². The van der Waals surface area contributed by atoms with E-state index in [1.54, 1.807) is 0 Å². The van der Waals surface area contributed by atoms with Gasteiger partial charge in [0.1, 0.15) is 17.2 Å². The van der Waals surface area contributed by atoms with Crippen molar-refractivity contribution in [1.29, 1.82) is 0 Å². The highest BCUT2D eigenvalue weighted by molar-refractivity contribution is 5.39. The highest BCUT2D eigenvalue weighted by Crippen LogP contribution is 2.26. The molecule has 0 heterocycles. The molecule has 0 fully saturated rings. The molecule has 0 bridgehead atoms. The first-order valence-electron chi connectivity index (χ1n) is 7.52. The Hall–Kier alpha value is -2.00. The summed E-state index contributed by atoms with van der Waals surface area (Å²) in [5.41, 5.74) is 1.16. The van der Waals surface area contributed by atoms with E-state index in [4.69, 9.17) is 9.47 Å². The van der Waals surface area contributed by atoms with Crippen LogP contribution in [0.3, 0.4) is 0 Å². The zero-order chi connectivity index (χ0) is 14.9. The first-order valence-corrected chi connectivity index (χ1v) is 7.52. The Morgan fingerprint density at radius 2 is 1.62 bits per heavy atom. The number of nitrogens with one attached hydrogen (secondary N) is 1. The Morgan fingerprint density at radius 1 is 0.905 bits per heavy atom. The summed E-state index contributed by atoms with van der Waals surface area (Å²) in [4.78, 5) is 0. The lowest BCUT2D eigenvalue weighted by atomic mass is 10.2. The molecule has 112 valence electrons. The molecule has 0 atom stereocenters. The van der Waals surface area contributed by atoms with Crippen LogP contribution in [0.15, 0.2) is 48.5 Å². The summed E-state index contributed by atoms with van der Waals surface area (Å²) >= 11 is 0. The highest BCUT2D eigenvalue weighted by Gasteiger charge is 2.04. The molecule has 2 aromatic carbocycles. The topological polar surface area (TPSA) is 30.5 Å². The predicted octanol–water partition coefficient (Wildman–Crippen LogP) is 4.38. The fourth-order valence-electron chi connectivity index (χ4n) is 1.96. The van der Waals surface area contributed by atoms with Crippen molar-refractivity contribution in [2.24, 2.45) is 0 Å². The Bertz CT molecular complexity index is 537. The van der Waals surface area contributed by atoms with Crippen LogP contribution in [0.1, 0.15) is 25.8 Å². The second kappa shape index (κ2) is 8.32. The van der Waals surface area contributed by atoms with E-state index < -0.39 is 0 Å². The van der Waals surface area contributed by atoms with Gasteiger partial charge in [-0.25, -0.2) is 0 Å². The van der Waals surface area contributed by atoms with E-state index in [-0.39, 0.29) is 0 Å². The van der Waals surface area contributed by atoms with Crippen LogP contribution in [0.25, 0.3) is 0 Å². The van der Waals surface area contributed by atoms with Gasteiger partial charge in [-0.3, -0.25) is 0 Å². The van der Waals surface area contributed by atoms with E-state index in [0.717, 1.165) is 48.9 Å². The van der Waals surface area contributed by atoms with Crippen LogP contribution in [0.2, 0.25) is 0 Å². The van der Waals surface area contributed by atoms with E-state index >= 15 is 0 Å². The fourth-order valence-corrected chi connectivity index (χ4v) is 1.96. The van der Waals surface area contributed by atoms with Crippen LogP contribution < -0.4 is 14.8 Å². The molecule has 0 aliphatic heterocycles. The van der Waals surface area contributed by atoms with E-state index in [2.05, 4.69) is 25.2 Å². The monoisotopic (exact) mass is 285 g/mol. The van der Waals surface area contributed by atoms with Crippen molar-refractivity contribution in [3.05, 3.63) is 54.1 Å². The van der Waals surface area contributed by atoms with Gasteiger partial charge in [-0.1, -0.05) is 32.0 Å². The molecule has 0 amide bonds. The number of rotatable bonds is 8. The van der Waals surface area contributed by atoms with Crippen LogP contribution in [0.5, 0.6) is 17.2 Å². The lowest BCUT2D eigenvalue weighted by molar-refractivity contribution is 0.317. The van der Waals surface area contributed by atoms with Crippen molar-refractivity contribution >= 4 is 0 Å². The summed E-state index contributed by atoms with van der Waals surface area (Å²) in [6.45, 7) is 6.69. The van der Waals surface area contributed by atoms with Crippen LogP contribution in [-0.2, 0) is 6.54 Å². The number of hydrogen-bond acceptors (Lipinski definition) is 3. The molecule has 1 N–H and O–H groups in total. The number of para-hydroxylation sites is 1. The molecule has 21 heavy (non-hydrogen) atoms. The second-order valence-corrected chi connectivity index (χ2v) is 4.81. The van der Waals surface area contributed by atoms with Gasteiger partial charge >= 0.3 is 0 Å². The SMILES string of the molecule is CCCOc1ccc(Oc2ccccc2CNCC)cc1. The van der Waals surface area contributed by atoms with Crippen molar-refractivity contribution in [2.45, 2.75) is 26.8 Å². The predicted molar refractivity (Wildman–Crippen MR) is 86.1 cm³/mol. The summed E-state index contributed by atoms with van der Waals surface area (Å²) in [5.74, 6) is 2.59. The van der Waals surface area contributed by atoms with Crippen molar-refractivity contribution < 1.29 is 9.47 Å². The van der Waals surface area contributed by atoms with E-state index in [0.29, 0.717) is 0 Å². The molecule has 0 radical (unpaired) electrons. The highest BCUT2D eigenvalue weighted by atomic mass is 16.5. The third kappa shape index (κ3) is 4.80. The molecule has 0 aliphatic rings. The lowest BCUT2D eigenvalue weighted by Crippen LogP contribution is -2.12. The van der Waals surface area contributed by atoms with Crippen molar-refractivity contribution in [3.8, 4) is 17.2 Å². The molecular weight excluding hydrogens is 262 g/mol. The molecule has 0 saturated carbocycles. The van der Waals surface area contributed by atoms with E-state index in [1.165, 1.54) is 0 Å². The normalized spacial score (nSPS) is 10.4. The molecular formula is C18H23NO2. The molecule has 0 unspecified atom stereocenters. The van der Waals surface area contributed by atoms with Crippen molar-refractivity contribution in [3.63, 3.8) is 0 Å². The Morgan fingerprint density at radius 3 is 2.33 bits per heavy atom. The first kappa shape index (κ1) is 15.4. The van der Waals surface area contributed by atoms with Crippen molar-refractivity contribution in [2.75, 3.05) is 13.2 Å². The lowest BCUT2D eigenvalue weighted by Gasteiger charge is -2.12. The van der Waals surface area contributed by atoms with Gasteiger partial charge in [0.15, 0.2) is 0 Å². The van der Waals surface area contributed by atoms with Gasteiger partial charge in [0, 0.05) is 12.1 Å². The summed E-state index contributed by atoms with van der Waals surface area (Å²) in [5, 5.41) is 3.32. The average Bonchev–Trinajstić information content (AvgIpc) is 2.53. The van der Waals surface area contributed by atoms with E-state index in [1.807, 2.05) is 42.5 Å². The smallest absolute Gasteiger partial charge is 0.131 e. The Balaban J connectivity index is 2.04. The van der Waals surface area contributed by atoms with Gasteiger partial charge in [-0.2, -0.15) is 0 Å². The third-order valence-corrected chi connectivity index (χ3v) is 3.06. The molecule has 3 nitrogen and oxygen atoms in total. The molecule has 2 aromatic rings. The Kier molecular flexibility index (Phi) is 6.10. The summed E-state index contributed by atoms with van der Waals surface area (Å²) in [7, 11) is 0. The maximum atomic E-state index is 5.97. The van der Waals surface area contributed by atoms with Gasteiger partial charge in [0.05, 0.1) is 6.61 Å². The molecule has 3 heteroatoms. The van der Waals surface area contributed by atoms with Gasteiger partial charge in [-0.05, 0) is 43.3 Å². The van der Waals surface area contributed by atoms with Gasteiger partial charge in [0.2, 0.25) is 0 Å². The summed E-state index contributed by atoms with van der Waals surface area (Å²) in [6, 6.07) is 15.9. The zero-order valence-corrected chi connectivity index (χ0v) is 12.8. The molecule has 2 rings (SSSR count). The molecule has 0 spiro atoms. The minimum Gasteiger partial charge on any atom is -0.494 e.